The van der Waals surface area contributed by atoms with Crippen LogP contribution in [0, 0.1) is 5.92 Å². The molecule has 1 atom stereocenters. The summed E-state index contributed by atoms with van der Waals surface area (Å²) in [6.45, 7) is 4.31. The Hall–Kier alpha value is -1.04. The zero-order valence-corrected chi connectivity index (χ0v) is 11.4. The van der Waals surface area contributed by atoms with Crippen molar-refractivity contribution in [1.82, 2.24) is 0 Å². The molecule has 1 rings (SSSR count). The van der Waals surface area contributed by atoms with E-state index in [0.717, 1.165) is 6.42 Å². The number of hydrogen-bond acceptors (Lipinski definition) is 0. The average molecular weight is 230 g/mol. The molecule has 0 aromatic heterocycles. The highest BCUT2D eigenvalue weighted by Gasteiger charge is 2.04. The van der Waals surface area contributed by atoms with Gasteiger partial charge in [-0.05, 0) is 51.4 Å². The Bertz CT molecular complexity index is 302. The van der Waals surface area contributed by atoms with E-state index in [4.69, 9.17) is 0 Å². The lowest BCUT2D eigenvalue weighted by Crippen LogP contribution is -1.96. The van der Waals surface area contributed by atoms with Crippen LogP contribution in [0.2, 0.25) is 0 Å². The largest absolute Gasteiger partial charge is 0.0914 e. The first kappa shape index (κ1) is 14.0. The molecule has 0 heteroatoms. The third-order valence-corrected chi connectivity index (χ3v) is 3.18. The molecule has 1 aliphatic carbocycles. The fourth-order valence-corrected chi connectivity index (χ4v) is 2.21. The van der Waals surface area contributed by atoms with E-state index < -0.39 is 0 Å². The van der Waals surface area contributed by atoms with Crippen molar-refractivity contribution in [2.75, 3.05) is 0 Å². The summed E-state index contributed by atoms with van der Waals surface area (Å²) in [7, 11) is 0. The van der Waals surface area contributed by atoms with E-state index in [1.807, 2.05) is 0 Å². The fraction of sp³-hybridized carbons (Fsp3) is 0.529. The molecule has 0 fully saturated rings. The lowest BCUT2D eigenvalue weighted by Gasteiger charge is -2.12. The van der Waals surface area contributed by atoms with Crippen LogP contribution >= 0.6 is 0 Å². The summed E-state index contributed by atoms with van der Waals surface area (Å²) in [6, 6.07) is 0. The minimum atomic E-state index is 0.707. The minimum Gasteiger partial charge on any atom is -0.0914 e. The lowest BCUT2D eigenvalue weighted by atomic mass is 9.93. The second-order valence-electron chi connectivity index (χ2n) is 4.70. The molecule has 0 spiro atoms. The molecule has 1 unspecified atom stereocenters. The van der Waals surface area contributed by atoms with Crippen LogP contribution < -0.4 is 0 Å². The van der Waals surface area contributed by atoms with Crippen molar-refractivity contribution in [2.24, 2.45) is 5.92 Å². The second-order valence-corrected chi connectivity index (χ2v) is 4.70. The quantitative estimate of drug-likeness (QED) is 0.500. The van der Waals surface area contributed by atoms with Gasteiger partial charge in [0.15, 0.2) is 0 Å². The Morgan fingerprint density at radius 2 is 2.18 bits per heavy atom. The van der Waals surface area contributed by atoms with Gasteiger partial charge in [-0.2, -0.15) is 0 Å². The van der Waals surface area contributed by atoms with E-state index >= 15 is 0 Å². The first-order valence-electron chi connectivity index (χ1n) is 7.00. The van der Waals surface area contributed by atoms with Gasteiger partial charge in [0.25, 0.3) is 0 Å². The topological polar surface area (TPSA) is 0 Å². The van der Waals surface area contributed by atoms with Crippen LogP contribution in [0.3, 0.4) is 0 Å². The molecule has 17 heavy (non-hydrogen) atoms. The van der Waals surface area contributed by atoms with Gasteiger partial charge in [0.05, 0.1) is 0 Å². The van der Waals surface area contributed by atoms with Gasteiger partial charge in [-0.15, -0.1) is 0 Å². The first-order chi connectivity index (χ1) is 8.36. The maximum absolute atomic E-state index is 2.40. The molecule has 0 nitrogen and oxygen atoms in total. The zero-order chi connectivity index (χ0) is 12.3. The second kappa shape index (κ2) is 9.04. The van der Waals surface area contributed by atoms with Gasteiger partial charge in [-0.1, -0.05) is 55.0 Å². The average Bonchev–Trinajstić information content (AvgIpc) is 2.37. The molecule has 94 valence electrons. The van der Waals surface area contributed by atoms with Crippen LogP contribution in [-0.4, -0.2) is 0 Å². The van der Waals surface area contributed by atoms with E-state index in [2.05, 4.69) is 56.4 Å². The van der Waals surface area contributed by atoms with Gasteiger partial charge in [0.2, 0.25) is 0 Å². The van der Waals surface area contributed by atoms with Crippen molar-refractivity contribution in [3.8, 4) is 0 Å². The Morgan fingerprint density at radius 3 is 2.82 bits per heavy atom. The normalized spacial score (nSPS) is 17.9. The summed E-state index contributed by atoms with van der Waals surface area (Å²) in [6.07, 6.45) is 23.4. The molecule has 0 saturated heterocycles. The monoisotopic (exact) mass is 230 g/mol. The summed E-state index contributed by atoms with van der Waals surface area (Å²) < 4.78 is 0. The summed E-state index contributed by atoms with van der Waals surface area (Å²) in [5.41, 5.74) is 1.53. The van der Waals surface area contributed by atoms with Crippen molar-refractivity contribution >= 4 is 0 Å². The molecule has 0 aliphatic heterocycles. The molecule has 0 bridgehead atoms. The third-order valence-electron chi connectivity index (χ3n) is 3.18. The van der Waals surface area contributed by atoms with Gasteiger partial charge >= 0.3 is 0 Å². The highest BCUT2D eigenvalue weighted by molar-refractivity contribution is 5.22. The summed E-state index contributed by atoms with van der Waals surface area (Å²) in [5.74, 6) is 0.707. The standard InChI is InChI=1S/C17H26/c1-3-5-7-11-16(10-4-2)14-15-17-12-8-6-9-13-17/h4-5,7-8,10,12-13,16H,3,6,9,11,14-15H2,1-2H3. The number of rotatable bonds is 7. The molecule has 0 amide bonds. The molecular formula is C17H26. The highest BCUT2D eigenvalue weighted by Crippen LogP contribution is 2.21. The smallest absolute Gasteiger partial charge is 0.0196 e. The predicted molar refractivity (Wildman–Crippen MR) is 78.0 cm³/mol. The van der Waals surface area contributed by atoms with Gasteiger partial charge in [-0.25, -0.2) is 0 Å². The lowest BCUT2D eigenvalue weighted by molar-refractivity contribution is 0.597. The van der Waals surface area contributed by atoms with Gasteiger partial charge < -0.3 is 0 Å². The first-order valence-corrected chi connectivity index (χ1v) is 7.00. The molecule has 0 saturated carbocycles. The molecule has 0 heterocycles. The molecule has 0 aromatic rings. The van der Waals surface area contributed by atoms with Crippen LogP contribution in [0.25, 0.3) is 0 Å². The molecule has 0 N–H and O–H groups in total. The van der Waals surface area contributed by atoms with Crippen molar-refractivity contribution in [3.05, 3.63) is 48.1 Å². The maximum atomic E-state index is 2.40. The van der Waals surface area contributed by atoms with E-state index in [9.17, 15) is 0 Å². The van der Waals surface area contributed by atoms with Gasteiger partial charge in [0, 0.05) is 0 Å². The van der Waals surface area contributed by atoms with Gasteiger partial charge in [0.1, 0.15) is 0 Å². The zero-order valence-electron chi connectivity index (χ0n) is 11.4. The van der Waals surface area contributed by atoms with Crippen LogP contribution in [0.5, 0.6) is 0 Å². The molecule has 1 aliphatic rings. The Morgan fingerprint density at radius 1 is 1.29 bits per heavy atom. The Kier molecular flexibility index (Phi) is 7.46. The maximum Gasteiger partial charge on any atom is -0.0196 e. The summed E-state index contributed by atoms with van der Waals surface area (Å²) >= 11 is 0. The SMILES string of the molecule is CC=CC(CC=CCC)CCC1=CCCC=C1. The molecule has 0 aromatic carbocycles. The Balaban J connectivity index is 2.35. The van der Waals surface area contributed by atoms with Crippen molar-refractivity contribution in [2.45, 2.75) is 52.4 Å². The molecule has 0 radical (unpaired) electrons. The van der Waals surface area contributed by atoms with E-state index in [1.54, 1.807) is 0 Å². The van der Waals surface area contributed by atoms with Crippen LogP contribution in [-0.2, 0) is 0 Å². The fourth-order valence-electron chi connectivity index (χ4n) is 2.21. The third kappa shape index (κ3) is 6.31. The molecular weight excluding hydrogens is 204 g/mol. The van der Waals surface area contributed by atoms with Gasteiger partial charge in [-0.3, -0.25) is 0 Å². The predicted octanol–water partition coefficient (Wildman–Crippen LogP) is 5.59. The summed E-state index contributed by atoms with van der Waals surface area (Å²) in [4.78, 5) is 0. The Labute approximate surface area is 107 Å². The van der Waals surface area contributed by atoms with Crippen LogP contribution in [0.1, 0.15) is 52.4 Å². The summed E-state index contributed by atoms with van der Waals surface area (Å²) in [5, 5.41) is 0. The van der Waals surface area contributed by atoms with Crippen molar-refractivity contribution < 1.29 is 0 Å². The highest BCUT2D eigenvalue weighted by atomic mass is 14.1. The number of hydrogen-bond donors (Lipinski definition) is 0. The minimum absolute atomic E-state index is 0.707. The van der Waals surface area contributed by atoms with Crippen molar-refractivity contribution in [3.63, 3.8) is 0 Å². The van der Waals surface area contributed by atoms with E-state index in [0.29, 0.717) is 5.92 Å². The van der Waals surface area contributed by atoms with Crippen molar-refractivity contribution in [1.29, 1.82) is 0 Å². The van der Waals surface area contributed by atoms with Crippen LogP contribution in [0.4, 0.5) is 0 Å². The van der Waals surface area contributed by atoms with E-state index in [1.165, 1.54) is 37.7 Å². The van der Waals surface area contributed by atoms with Crippen LogP contribution in [0.15, 0.2) is 48.1 Å². The number of allylic oxidation sites excluding steroid dienone is 8. The van der Waals surface area contributed by atoms with E-state index in [-0.39, 0.29) is 0 Å².